The number of benzene rings is 1. The van der Waals surface area contributed by atoms with Gasteiger partial charge in [0, 0.05) is 12.5 Å². The van der Waals surface area contributed by atoms with Crippen molar-refractivity contribution in [2.75, 3.05) is 13.7 Å². The van der Waals surface area contributed by atoms with Crippen LogP contribution in [-0.2, 0) is 6.42 Å². The molecule has 0 bridgehead atoms. The Kier molecular flexibility index (Phi) is 4.65. The highest BCUT2D eigenvalue weighted by Crippen LogP contribution is 2.31. The minimum Gasteiger partial charge on any atom is -0.493 e. The Bertz CT molecular complexity index is 385. The summed E-state index contributed by atoms with van der Waals surface area (Å²) in [5.41, 5.74) is 2.78. The molecule has 1 aromatic carbocycles. The molecule has 0 spiro atoms. The molecule has 0 fully saturated rings. The van der Waals surface area contributed by atoms with Crippen LogP contribution in [0.2, 0.25) is 0 Å². The molecule has 1 N–H and O–H groups in total. The highest BCUT2D eigenvalue weighted by Gasteiger charge is 2.18. The summed E-state index contributed by atoms with van der Waals surface area (Å²) in [6.45, 7) is 5.42. The third-order valence-corrected chi connectivity index (χ3v) is 4.19. The molecule has 0 aliphatic carbocycles. The Labute approximate surface area is 111 Å². The van der Waals surface area contributed by atoms with E-state index in [1.807, 2.05) is 0 Å². The van der Waals surface area contributed by atoms with Gasteiger partial charge < -0.3 is 10.1 Å². The third-order valence-electron chi connectivity index (χ3n) is 4.19. The smallest absolute Gasteiger partial charge is 0.122 e. The Balaban J connectivity index is 2.12. The highest BCUT2D eigenvalue weighted by atomic mass is 16.5. The van der Waals surface area contributed by atoms with E-state index in [4.69, 9.17) is 4.74 Å². The van der Waals surface area contributed by atoms with Gasteiger partial charge in [-0.05, 0) is 36.6 Å². The summed E-state index contributed by atoms with van der Waals surface area (Å²) in [5, 5.41) is 3.47. The zero-order valence-corrected chi connectivity index (χ0v) is 11.8. The lowest BCUT2D eigenvalue weighted by Gasteiger charge is -2.22. The molecule has 0 amide bonds. The maximum atomic E-state index is 5.57. The highest BCUT2D eigenvalue weighted by molar-refractivity contribution is 5.40. The van der Waals surface area contributed by atoms with Crippen LogP contribution in [0, 0.1) is 5.92 Å². The van der Waals surface area contributed by atoms with E-state index in [2.05, 4.69) is 44.4 Å². The van der Waals surface area contributed by atoms with E-state index in [0.717, 1.165) is 24.7 Å². The van der Waals surface area contributed by atoms with Crippen LogP contribution in [-0.4, -0.2) is 13.7 Å². The maximum absolute atomic E-state index is 5.57. The average molecular weight is 247 g/mol. The fourth-order valence-electron chi connectivity index (χ4n) is 2.80. The molecule has 1 unspecified atom stereocenters. The van der Waals surface area contributed by atoms with Gasteiger partial charge in [-0.2, -0.15) is 0 Å². The van der Waals surface area contributed by atoms with Crippen LogP contribution in [0.5, 0.6) is 5.75 Å². The van der Waals surface area contributed by atoms with Crippen LogP contribution in [0.3, 0.4) is 0 Å². The largest absolute Gasteiger partial charge is 0.493 e. The first-order chi connectivity index (χ1) is 8.78. The second kappa shape index (κ2) is 6.24. The summed E-state index contributed by atoms with van der Waals surface area (Å²) in [6, 6.07) is 7.15. The number of hydrogen-bond donors (Lipinski definition) is 1. The van der Waals surface area contributed by atoms with Crippen LogP contribution >= 0.6 is 0 Å². The van der Waals surface area contributed by atoms with E-state index in [0.29, 0.717) is 6.04 Å². The van der Waals surface area contributed by atoms with E-state index >= 15 is 0 Å². The van der Waals surface area contributed by atoms with Crippen molar-refractivity contribution in [3.63, 3.8) is 0 Å². The summed E-state index contributed by atoms with van der Waals surface area (Å²) in [7, 11) is 2.07. The van der Waals surface area contributed by atoms with Gasteiger partial charge in [0.1, 0.15) is 5.75 Å². The summed E-state index contributed by atoms with van der Waals surface area (Å²) in [4.78, 5) is 0. The predicted octanol–water partition coefficient (Wildman–Crippen LogP) is 3.71. The molecule has 1 aromatic rings. The van der Waals surface area contributed by atoms with E-state index in [9.17, 15) is 0 Å². The molecule has 0 saturated carbocycles. The zero-order chi connectivity index (χ0) is 13.0. The van der Waals surface area contributed by atoms with Crippen molar-refractivity contribution in [2.24, 2.45) is 5.92 Å². The standard InChI is InChI=1S/C16H25NO/c1-4-12(5-2)10-15(17-3)13-6-7-16-14(11-13)8-9-18-16/h6-7,11-12,15,17H,4-5,8-10H2,1-3H3. The van der Waals surface area contributed by atoms with Crippen LogP contribution < -0.4 is 10.1 Å². The Morgan fingerprint density at radius 2 is 2.06 bits per heavy atom. The van der Waals surface area contributed by atoms with Gasteiger partial charge in [0.25, 0.3) is 0 Å². The molecule has 1 heterocycles. The molecule has 0 aromatic heterocycles. The Hall–Kier alpha value is -1.02. The minimum absolute atomic E-state index is 0.473. The van der Waals surface area contributed by atoms with Gasteiger partial charge in [0.2, 0.25) is 0 Å². The molecule has 1 atom stereocenters. The zero-order valence-electron chi connectivity index (χ0n) is 11.8. The molecule has 1 aliphatic heterocycles. The Morgan fingerprint density at radius 1 is 1.28 bits per heavy atom. The first-order valence-electron chi connectivity index (χ1n) is 7.21. The van der Waals surface area contributed by atoms with Crippen LogP contribution in [0.15, 0.2) is 18.2 Å². The number of ether oxygens (including phenoxy) is 1. The van der Waals surface area contributed by atoms with Gasteiger partial charge in [0.05, 0.1) is 6.61 Å². The topological polar surface area (TPSA) is 21.3 Å². The fraction of sp³-hybridized carbons (Fsp3) is 0.625. The number of rotatable bonds is 6. The number of hydrogen-bond acceptors (Lipinski definition) is 2. The average Bonchev–Trinajstić information content (AvgIpc) is 2.87. The van der Waals surface area contributed by atoms with Gasteiger partial charge >= 0.3 is 0 Å². The number of fused-ring (bicyclic) bond motifs is 1. The first-order valence-corrected chi connectivity index (χ1v) is 7.21. The van der Waals surface area contributed by atoms with Crippen molar-refractivity contribution in [2.45, 2.75) is 45.6 Å². The van der Waals surface area contributed by atoms with Gasteiger partial charge in [-0.25, -0.2) is 0 Å². The minimum atomic E-state index is 0.473. The molecule has 2 heteroatoms. The van der Waals surface area contributed by atoms with E-state index in [1.165, 1.54) is 30.4 Å². The monoisotopic (exact) mass is 247 g/mol. The van der Waals surface area contributed by atoms with Crippen molar-refractivity contribution in [3.8, 4) is 5.75 Å². The second-order valence-corrected chi connectivity index (χ2v) is 5.23. The predicted molar refractivity (Wildman–Crippen MR) is 76.1 cm³/mol. The summed E-state index contributed by atoms with van der Waals surface area (Å²) in [5.74, 6) is 1.89. The van der Waals surface area contributed by atoms with Gasteiger partial charge in [0.15, 0.2) is 0 Å². The molecule has 2 nitrogen and oxygen atoms in total. The molecule has 18 heavy (non-hydrogen) atoms. The molecule has 1 aliphatic rings. The van der Waals surface area contributed by atoms with Crippen molar-refractivity contribution in [1.29, 1.82) is 0 Å². The van der Waals surface area contributed by atoms with Crippen LogP contribution in [0.4, 0.5) is 0 Å². The molecular weight excluding hydrogens is 222 g/mol. The van der Waals surface area contributed by atoms with Gasteiger partial charge in [-0.1, -0.05) is 38.8 Å². The lowest BCUT2D eigenvalue weighted by atomic mass is 9.90. The van der Waals surface area contributed by atoms with Crippen molar-refractivity contribution >= 4 is 0 Å². The molecule has 0 radical (unpaired) electrons. The van der Waals surface area contributed by atoms with E-state index < -0.39 is 0 Å². The SMILES string of the molecule is CCC(CC)CC(NC)c1ccc2c(c1)CCO2. The first kappa shape index (κ1) is 13.4. The van der Waals surface area contributed by atoms with Crippen molar-refractivity contribution in [1.82, 2.24) is 5.32 Å². The van der Waals surface area contributed by atoms with Gasteiger partial charge in [-0.3, -0.25) is 0 Å². The quantitative estimate of drug-likeness (QED) is 0.827. The van der Waals surface area contributed by atoms with Crippen LogP contribution in [0.25, 0.3) is 0 Å². The van der Waals surface area contributed by atoms with Crippen LogP contribution in [0.1, 0.15) is 50.3 Å². The van der Waals surface area contributed by atoms with Crippen molar-refractivity contribution < 1.29 is 4.74 Å². The fourth-order valence-corrected chi connectivity index (χ4v) is 2.80. The molecule has 100 valence electrons. The van der Waals surface area contributed by atoms with Gasteiger partial charge in [-0.15, -0.1) is 0 Å². The van der Waals surface area contributed by atoms with E-state index in [1.54, 1.807) is 0 Å². The molecule has 2 rings (SSSR count). The summed E-state index contributed by atoms with van der Waals surface area (Å²) >= 11 is 0. The summed E-state index contributed by atoms with van der Waals surface area (Å²) < 4.78 is 5.57. The summed E-state index contributed by atoms with van der Waals surface area (Å²) in [6.07, 6.45) is 4.82. The molecule has 0 saturated heterocycles. The second-order valence-electron chi connectivity index (χ2n) is 5.23. The molecular formula is C16H25NO. The normalized spacial score (nSPS) is 15.6. The van der Waals surface area contributed by atoms with E-state index in [-0.39, 0.29) is 0 Å². The maximum Gasteiger partial charge on any atom is 0.122 e. The van der Waals surface area contributed by atoms with Crippen molar-refractivity contribution in [3.05, 3.63) is 29.3 Å². The Morgan fingerprint density at radius 3 is 2.72 bits per heavy atom. The third kappa shape index (κ3) is 2.86. The lowest BCUT2D eigenvalue weighted by Crippen LogP contribution is -2.19. The lowest BCUT2D eigenvalue weighted by molar-refractivity contribution is 0.356. The number of nitrogens with one attached hydrogen (secondary N) is 1.